The first kappa shape index (κ1) is 20.8. The zero-order valence-electron chi connectivity index (χ0n) is 16.7. The predicted octanol–water partition coefficient (Wildman–Crippen LogP) is 5.63. The first-order chi connectivity index (χ1) is 14.8. The van der Waals surface area contributed by atoms with Crippen molar-refractivity contribution in [2.75, 3.05) is 10.2 Å². The van der Waals surface area contributed by atoms with Crippen LogP contribution < -0.4 is 10.2 Å². The summed E-state index contributed by atoms with van der Waals surface area (Å²) in [5, 5.41) is 3.29. The van der Waals surface area contributed by atoms with Gasteiger partial charge in [-0.15, -0.1) is 0 Å². The molecule has 0 radical (unpaired) electrons. The van der Waals surface area contributed by atoms with Crippen LogP contribution in [0.2, 0.25) is 5.02 Å². The Kier molecular flexibility index (Phi) is 5.33. The van der Waals surface area contributed by atoms with Crippen molar-refractivity contribution < 1.29 is 18.4 Å². The van der Waals surface area contributed by atoms with E-state index in [0.717, 1.165) is 28.2 Å². The molecule has 1 heterocycles. The molecule has 0 bridgehead atoms. The van der Waals surface area contributed by atoms with Crippen LogP contribution in [0.3, 0.4) is 0 Å². The van der Waals surface area contributed by atoms with Gasteiger partial charge in [0.1, 0.15) is 5.70 Å². The van der Waals surface area contributed by atoms with E-state index >= 15 is 0 Å². The van der Waals surface area contributed by atoms with E-state index in [1.165, 1.54) is 6.07 Å². The third-order valence-corrected chi connectivity index (χ3v) is 5.26. The van der Waals surface area contributed by atoms with Gasteiger partial charge in [-0.05, 0) is 60.9 Å². The van der Waals surface area contributed by atoms with E-state index in [9.17, 15) is 18.4 Å². The molecule has 4 rings (SSSR count). The van der Waals surface area contributed by atoms with Crippen LogP contribution in [0.4, 0.5) is 20.2 Å². The van der Waals surface area contributed by atoms with Gasteiger partial charge < -0.3 is 5.32 Å². The molecule has 7 heteroatoms. The summed E-state index contributed by atoms with van der Waals surface area (Å²) in [6.07, 6.45) is 0. The second kappa shape index (κ2) is 7.96. The Balaban J connectivity index is 1.85. The average molecular weight is 439 g/mol. The minimum Gasteiger partial charge on any atom is -0.350 e. The van der Waals surface area contributed by atoms with E-state index in [4.69, 9.17) is 11.6 Å². The van der Waals surface area contributed by atoms with Crippen molar-refractivity contribution in [1.29, 1.82) is 0 Å². The van der Waals surface area contributed by atoms with Gasteiger partial charge in [0, 0.05) is 16.8 Å². The molecule has 3 aromatic rings. The fourth-order valence-electron chi connectivity index (χ4n) is 3.43. The maximum absolute atomic E-state index is 13.7. The highest BCUT2D eigenvalue weighted by Gasteiger charge is 2.40. The molecule has 0 aliphatic carbocycles. The van der Waals surface area contributed by atoms with Gasteiger partial charge in [0.05, 0.1) is 11.3 Å². The molecule has 3 aromatic carbocycles. The van der Waals surface area contributed by atoms with E-state index < -0.39 is 23.4 Å². The molecular formula is C24H17ClF2N2O2. The van der Waals surface area contributed by atoms with Gasteiger partial charge >= 0.3 is 0 Å². The molecule has 156 valence electrons. The number of carbonyl (C=O) groups is 2. The third kappa shape index (κ3) is 3.82. The summed E-state index contributed by atoms with van der Waals surface area (Å²) < 4.78 is 27.1. The summed E-state index contributed by atoms with van der Waals surface area (Å²) in [7, 11) is 0. The highest BCUT2D eigenvalue weighted by Crippen LogP contribution is 2.36. The topological polar surface area (TPSA) is 49.4 Å². The number of nitrogens with zero attached hydrogens (tertiary/aromatic N) is 1. The first-order valence-electron chi connectivity index (χ1n) is 9.44. The van der Waals surface area contributed by atoms with Gasteiger partial charge in [-0.3, -0.25) is 9.59 Å². The number of halogens is 3. The van der Waals surface area contributed by atoms with Gasteiger partial charge in [-0.2, -0.15) is 0 Å². The third-order valence-electron chi connectivity index (χ3n) is 5.01. The van der Waals surface area contributed by atoms with Gasteiger partial charge in [0.15, 0.2) is 11.6 Å². The fourth-order valence-corrected chi connectivity index (χ4v) is 3.55. The Hall–Kier alpha value is -3.51. The molecule has 0 fully saturated rings. The van der Waals surface area contributed by atoms with Crippen molar-refractivity contribution in [3.63, 3.8) is 0 Å². The summed E-state index contributed by atoms with van der Waals surface area (Å²) >= 11 is 5.97. The molecule has 4 nitrogen and oxygen atoms in total. The van der Waals surface area contributed by atoms with E-state index in [1.807, 2.05) is 19.1 Å². The van der Waals surface area contributed by atoms with Crippen molar-refractivity contribution in [3.05, 3.63) is 99.7 Å². The van der Waals surface area contributed by atoms with E-state index in [1.54, 1.807) is 37.3 Å². The van der Waals surface area contributed by atoms with Crippen molar-refractivity contribution >= 4 is 40.4 Å². The Labute approximate surface area is 182 Å². The number of amides is 2. The predicted molar refractivity (Wildman–Crippen MR) is 117 cm³/mol. The zero-order chi connectivity index (χ0) is 22.3. The normalized spacial score (nSPS) is 13.9. The minimum absolute atomic E-state index is 0.0285. The van der Waals surface area contributed by atoms with Gasteiger partial charge in [0.25, 0.3) is 11.8 Å². The van der Waals surface area contributed by atoms with Crippen LogP contribution >= 0.6 is 11.6 Å². The van der Waals surface area contributed by atoms with E-state index in [2.05, 4.69) is 5.32 Å². The summed E-state index contributed by atoms with van der Waals surface area (Å²) in [4.78, 5) is 27.9. The molecule has 0 unspecified atom stereocenters. The lowest BCUT2D eigenvalue weighted by molar-refractivity contribution is -0.120. The van der Waals surface area contributed by atoms with Crippen LogP contribution in [0, 0.1) is 25.5 Å². The van der Waals surface area contributed by atoms with Crippen molar-refractivity contribution in [2.45, 2.75) is 13.8 Å². The van der Waals surface area contributed by atoms with Crippen LogP contribution in [-0.4, -0.2) is 11.8 Å². The summed E-state index contributed by atoms with van der Waals surface area (Å²) in [6, 6.07) is 15.1. The Bertz CT molecular complexity index is 1250. The second-order valence-corrected chi connectivity index (χ2v) is 7.68. The lowest BCUT2D eigenvalue weighted by Crippen LogP contribution is -2.33. The molecule has 2 amide bonds. The lowest BCUT2D eigenvalue weighted by Gasteiger charge is -2.18. The highest BCUT2D eigenvalue weighted by atomic mass is 35.5. The zero-order valence-corrected chi connectivity index (χ0v) is 17.4. The molecule has 1 N–H and O–H groups in total. The fraction of sp³-hybridized carbons (Fsp3) is 0.0833. The number of imide groups is 1. The SMILES string of the molecule is Cc1ccc(C)c(N2C(=O)C(Nc3ccc(F)c(F)c3)=C(c3ccc(Cl)cc3)C2=O)c1. The number of hydrogen-bond donors (Lipinski definition) is 1. The van der Waals surface area contributed by atoms with Gasteiger partial charge in [-0.25, -0.2) is 13.7 Å². The molecule has 0 aromatic heterocycles. The largest absolute Gasteiger partial charge is 0.350 e. The molecule has 0 saturated heterocycles. The van der Waals surface area contributed by atoms with Crippen molar-refractivity contribution in [3.8, 4) is 0 Å². The standard InChI is InChI=1S/C24H17ClF2N2O2/c1-13-3-4-14(2)20(11-13)29-23(30)21(15-5-7-16(25)8-6-15)22(24(29)31)28-17-9-10-18(26)19(27)12-17/h3-12,28H,1-2H3. The van der Waals surface area contributed by atoms with Crippen LogP contribution in [0.15, 0.2) is 66.4 Å². The second-order valence-electron chi connectivity index (χ2n) is 7.25. The van der Waals surface area contributed by atoms with E-state index in [0.29, 0.717) is 16.3 Å². The summed E-state index contributed by atoms with van der Waals surface area (Å²) in [6.45, 7) is 3.67. The molecule has 0 atom stereocenters. The monoisotopic (exact) mass is 438 g/mol. The number of rotatable bonds is 4. The maximum Gasteiger partial charge on any atom is 0.282 e. The number of anilines is 2. The van der Waals surface area contributed by atoms with E-state index in [-0.39, 0.29) is 17.0 Å². The number of carbonyl (C=O) groups excluding carboxylic acids is 2. The molecule has 0 saturated carbocycles. The first-order valence-corrected chi connectivity index (χ1v) is 9.82. The minimum atomic E-state index is -1.07. The molecule has 0 spiro atoms. The molecule has 31 heavy (non-hydrogen) atoms. The smallest absolute Gasteiger partial charge is 0.282 e. The summed E-state index contributed by atoms with van der Waals surface area (Å²) in [5.41, 5.74) is 2.80. The van der Waals surface area contributed by atoms with Crippen LogP contribution in [0.5, 0.6) is 0 Å². The van der Waals surface area contributed by atoms with Crippen LogP contribution in [-0.2, 0) is 9.59 Å². The van der Waals surface area contributed by atoms with Crippen molar-refractivity contribution in [2.24, 2.45) is 0 Å². The molecule has 1 aliphatic heterocycles. The Morgan fingerprint density at radius 2 is 1.55 bits per heavy atom. The van der Waals surface area contributed by atoms with Crippen molar-refractivity contribution in [1.82, 2.24) is 0 Å². The number of nitrogens with one attached hydrogen (secondary N) is 1. The van der Waals surface area contributed by atoms with Crippen LogP contribution in [0.1, 0.15) is 16.7 Å². The quantitative estimate of drug-likeness (QED) is 0.537. The van der Waals surface area contributed by atoms with Gasteiger partial charge in [0.2, 0.25) is 0 Å². The Morgan fingerprint density at radius 3 is 2.23 bits per heavy atom. The maximum atomic E-state index is 13.7. The number of benzene rings is 3. The lowest BCUT2D eigenvalue weighted by atomic mass is 10.0. The average Bonchev–Trinajstić information content (AvgIpc) is 2.97. The number of aryl methyl sites for hydroxylation is 2. The van der Waals surface area contributed by atoms with Crippen LogP contribution in [0.25, 0.3) is 5.57 Å². The Morgan fingerprint density at radius 1 is 0.839 bits per heavy atom. The molecular weight excluding hydrogens is 422 g/mol. The summed E-state index contributed by atoms with van der Waals surface area (Å²) in [5.74, 6) is -3.19. The molecule has 1 aliphatic rings. The number of hydrogen-bond acceptors (Lipinski definition) is 3. The van der Waals surface area contributed by atoms with Gasteiger partial charge in [-0.1, -0.05) is 35.9 Å². The highest BCUT2D eigenvalue weighted by molar-refractivity contribution is 6.46.